The van der Waals surface area contributed by atoms with E-state index < -0.39 is 0 Å². The molecule has 0 atom stereocenters. The molecule has 3 aromatic rings. The normalized spacial score (nSPS) is 14.6. The first-order chi connectivity index (χ1) is 14.1. The van der Waals surface area contributed by atoms with Crippen LogP contribution in [0.15, 0.2) is 57.5 Å². The number of likely N-dealkylation sites (tertiary alicyclic amines) is 1. The molecule has 0 radical (unpaired) electrons. The van der Waals surface area contributed by atoms with Crippen molar-refractivity contribution in [1.29, 1.82) is 0 Å². The quantitative estimate of drug-likeness (QED) is 0.602. The number of hydrogen-bond donors (Lipinski definition) is 1. The summed E-state index contributed by atoms with van der Waals surface area (Å²) in [5.74, 6) is 2.09. The van der Waals surface area contributed by atoms with E-state index in [1.165, 1.54) is 0 Å². The molecule has 29 heavy (non-hydrogen) atoms. The van der Waals surface area contributed by atoms with Crippen LogP contribution in [0.25, 0.3) is 11.4 Å². The van der Waals surface area contributed by atoms with E-state index in [4.69, 9.17) is 9.26 Å². The van der Waals surface area contributed by atoms with Crippen LogP contribution in [-0.2, 0) is 0 Å². The van der Waals surface area contributed by atoms with Crippen molar-refractivity contribution in [3.63, 3.8) is 0 Å². The molecular formula is C21H21BrN4O3. The van der Waals surface area contributed by atoms with Crippen molar-refractivity contribution in [2.24, 2.45) is 0 Å². The van der Waals surface area contributed by atoms with Gasteiger partial charge in [-0.25, -0.2) is 4.79 Å². The molecule has 0 aliphatic carbocycles. The monoisotopic (exact) mass is 456 g/mol. The molecule has 1 saturated heterocycles. The van der Waals surface area contributed by atoms with Gasteiger partial charge in [-0.1, -0.05) is 27.2 Å². The molecule has 1 fully saturated rings. The molecule has 1 aliphatic rings. The Morgan fingerprint density at radius 3 is 2.69 bits per heavy atom. The molecule has 7 nitrogen and oxygen atoms in total. The number of carbonyl (C=O) groups is 1. The second kappa shape index (κ2) is 8.65. The van der Waals surface area contributed by atoms with E-state index in [0.717, 1.165) is 22.9 Å². The van der Waals surface area contributed by atoms with Gasteiger partial charge in [-0.2, -0.15) is 4.98 Å². The van der Waals surface area contributed by atoms with Crippen molar-refractivity contribution in [2.45, 2.75) is 18.8 Å². The van der Waals surface area contributed by atoms with Gasteiger partial charge in [0.15, 0.2) is 0 Å². The standard InChI is InChI=1S/C21H21BrN4O3/c1-28-18-4-2-3-17(13-18)23-21(27)26-11-9-15(10-12-26)20-24-19(25-29-20)14-5-7-16(22)8-6-14/h2-8,13,15H,9-12H2,1H3,(H,23,27). The minimum atomic E-state index is -0.113. The minimum absolute atomic E-state index is 0.113. The number of aromatic nitrogens is 2. The molecule has 0 saturated carbocycles. The molecule has 0 unspecified atom stereocenters. The fourth-order valence-electron chi connectivity index (χ4n) is 3.35. The average molecular weight is 457 g/mol. The van der Waals surface area contributed by atoms with Crippen molar-refractivity contribution >= 4 is 27.6 Å². The smallest absolute Gasteiger partial charge is 0.321 e. The highest BCUT2D eigenvalue weighted by atomic mass is 79.9. The lowest BCUT2D eigenvalue weighted by Gasteiger charge is -2.30. The lowest BCUT2D eigenvalue weighted by Crippen LogP contribution is -2.40. The summed E-state index contributed by atoms with van der Waals surface area (Å²) in [6.07, 6.45) is 1.57. The summed E-state index contributed by atoms with van der Waals surface area (Å²) in [6.45, 7) is 1.27. The van der Waals surface area contributed by atoms with Crippen LogP contribution in [0.5, 0.6) is 5.75 Å². The molecule has 1 aliphatic heterocycles. The van der Waals surface area contributed by atoms with Crippen LogP contribution in [0.2, 0.25) is 0 Å². The van der Waals surface area contributed by atoms with Gasteiger partial charge in [0.05, 0.1) is 7.11 Å². The maximum atomic E-state index is 12.5. The fraction of sp³-hybridized carbons (Fsp3) is 0.286. The number of ether oxygens (including phenoxy) is 1. The highest BCUT2D eigenvalue weighted by molar-refractivity contribution is 9.10. The lowest BCUT2D eigenvalue weighted by molar-refractivity contribution is 0.187. The molecule has 1 N–H and O–H groups in total. The summed E-state index contributed by atoms with van der Waals surface area (Å²) in [6, 6.07) is 15.0. The SMILES string of the molecule is COc1cccc(NC(=O)N2CCC(c3nc(-c4ccc(Br)cc4)no3)CC2)c1. The zero-order chi connectivity index (χ0) is 20.2. The van der Waals surface area contributed by atoms with Gasteiger partial charge in [-0.3, -0.25) is 0 Å². The zero-order valence-electron chi connectivity index (χ0n) is 16.0. The summed E-state index contributed by atoms with van der Waals surface area (Å²) in [4.78, 5) is 18.9. The lowest BCUT2D eigenvalue weighted by atomic mass is 9.97. The van der Waals surface area contributed by atoms with E-state index in [-0.39, 0.29) is 11.9 Å². The molecule has 8 heteroatoms. The Kier molecular flexibility index (Phi) is 5.80. The largest absolute Gasteiger partial charge is 0.497 e. The van der Waals surface area contributed by atoms with Crippen LogP contribution in [-0.4, -0.2) is 41.3 Å². The van der Waals surface area contributed by atoms with Gasteiger partial charge < -0.3 is 19.5 Å². The summed E-state index contributed by atoms with van der Waals surface area (Å²) >= 11 is 3.42. The summed E-state index contributed by atoms with van der Waals surface area (Å²) in [7, 11) is 1.60. The van der Waals surface area contributed by atoms with Gasteiger partial charge in [0.25, 0.3) is 0 Å². The van der Waals surface area contributed by atoms with Crippen LogP contribution in [0, 0.1) is 0 Å². The van der Waals surface area contributed by atoms with Crippen molar-refractivity contribution in [3.05, 3.63) is 58.9 Å². The van der Waals surface area contributed by atoms with Crippen LogP contribution in [0.1, 0.15) is 24.7 Å². The molecule has 0 bridgehead atoms. The number of nitrogens with zero attached hydrogens (tertiary/aromatic N) is 3. The van der Waals surface area contributed by atoms with Gasteiger partial charge in [0, 0.05) is 40.8 Å². The molecule has 2 amide bonds. The molecule has 0 spiro atoms. The second-order valence-corrected chi connectivity index (χ2v) is 7.80. The number of halogens is 1. The van der Waals surface area contributed by atoms with E-state index in [1.54, 1.807) is 13.2 Å². The average Bonchev–Trinajstić information content (AvgIpc) is 3.25. The predicted octanol–water partition coefficient (Wildman–Crippen LogP) is 4.92. The minimum Gasteiger partial charge on any atom is -0.497 e. The Bertz CT molecular complexity index is 982. The molecule has 4 rings (SSSR count). The number of hydrogen-bond acceptors (Lipinski definition) is 5. The Labute approximate surface area is 177 Å². The van der Waals surface area contributed by atoms with E-state index in [2.05, 4.69) is 31.4 Å². The molecule has 2 aromatic carbocycles. The topological polar surface area (TPSA) is 80.5 Å². The van der Waals surface area contributed by atoms with Crippen molar-refractivity contribution in [1.82, 2.24) is 15.0 Å². The number of nitrogens with one attached hydrogen (secondary N) is 1. The van der Waals surface area contributed by atoms with Gasteiger partial charge in [0.1, 0.15) is 5.75 Å². The molecule has 1 aromatic heterocycles. The number of carbonyl (C=O) groups excluding carboxylic acids is 1. The van der Waals surface area contributed by atoms with Crippen LogP contribution in [0.3, 0.4) is 0 Å². The van der Waals surface area contributed by atoms with Crippen LogP contribution in [0.4, 0.5) is 10.5 Å². The third-order valence-corrected chi connectivity index (χ3v) is 5.53. The third kappa shape index (κ3) is 4.59. The highest BCUT2D eigenvalue weighted by Gasteiger charge is 2.27. The van der Waals surface area contributed by atoms with Crippen LogP contribution < -0.4 is 10.1 Å². The van der Waals surface area contributed by atoms with E-state index in [1.807, 2.05) is 47.4 Å². The Balaban J connectivity index is 1.34. The summed E-state index contributed by atoms with van der Waals surface area (Å²) in [5.41, 5.74) is 1.63. The summed E-state index contributed by atoms with van der Waals surface area (Å²) < 4.78 is 11.7. The first-order valence-electron chi connectivity index (χ1n) is 9.42. The fourth-order valence-corrected chi connectivity index (χ4v) is 3.61. The van der Waals surface area contributed by atoms with Crippen molar-refractivity contribution < 1.29 is 14.1 Å². The van der Waals surface area contributed by atoms with Gasteiger partial charge in [-0.15, -0.1) is 0 Å². The van der Waals surface area contributed by atoms with Crippen molar-refractivity contribution in [3.8, 4) is 17.1 Å². The number of urea groups is 1. The number of amides is 2. The molecule has 2 heterocycles. The number of anilines is 1. The first kappa shape index (κ1) is 19.4. The van der Waals surface area contributed by atoms with Crippen LogP contribution >= 0.6 is 15.9 Å². The predicted molar refractivity (Wildman–Crippen MR) is 113 cm³/mol. The first-order valence-corrected chi connectivity index (χ1v) is 10.2. The van der Waals surface area contributed by atoms with Gasteiger partial charge in [0.2, 0.25) is 11.7 Å². The molecular weight excluding hydrogens is 436 g/mol. The summed E-state index contributed by atoms with van der Waals surface area (Å²) in [5, 5.41) is 7.03. The van der Waals surface area contributed by atoms with E-state index in [9.17, 15) is 4.79 Å². The zero-order valence-corrected chi connectivity index (χ0v) is 17.6. The van der Waals surface area contributed by atoms with Gasteiger partial charge in [-0.05, 0) is 49.2 Å². The maximum absolute atomic E-state index is 12.5. The van der Waals surface area contributed by atoms with E-state index >= 15 is 0 Å². The number of rotatable bonds is 4. The highest BCUT2D eigenvalue weighted by Crippen LogP contribution is 2.29. The Hall–Kier alpha value is -2.87. The Morgan fingerprint density at radius 2 is 1.97 bits per heavy atom. The maximum Gasteiger partial charge on any atom is 0.321 e. The number of benzene rings is 2. The number of piperidine rings is 1. The van der Waals surface area contributed by atoms with Crippen molar-refractivity contribution in [2.75, 3.05) is 25.5 Å². The third-order valence-electron chi connectivity index (χ3n) is 5.00. The van der Waals surface area contributed by atoms with Gasteiger partial charge >= 0.3 is 6.03 Å². The van der Waals surface area contributed by atoms with E-state index in [0.29, 0.717) is 36.2 Å². The molecule has 150 valence electrons. The number of methoxy groups -OCH3 is 1. The Morgan fingerprint density at radius 1 is 1.21 bits per heavy atom. The second-order valence-electron chi connectivity index (χ2n) is 6.89.